The second kappa shape index (κ2) is 7.32. The van der Waals surface area contributed by atoms with Crippen molar-refractivity contribution in [2.75, 3.05) is 19.7 Å². The molecule has 2 atom stereocenters. The molecule has 120 valence electrons. The minimum absolute atomic E-state index is 0.250. The molecular weight excluding hydrogens is 290 g/mol. The zero-order valence-corrected chi connectivity index (χ0v) is 13.0. The smallest absolute Gasteiger partial charge is 0.119 e. The van der Waals surface area contributed by atoms with Crippen LogP contribution < -0.4 is 4.74 Å². The second-order valence-electron chi connectivity index (χ2n) is 5.88. The fourth-order valence-electron chi connectivity index (χ4n) is 3.09. The number of aromatic nitrogens is 1. The third-order valence-electron chi connectivity index (χ3n) is 4.22. The average molecular weight is 311 g/mol. The number of hydrogen-bond donors (Lipinski definition) is 2. The maximum absolute atomic E-state index is 10.3. The van der Waals surface area contributed by atoms with Gasteiger partial charge in [0.1, 0.15) is 18.5 Å². The maximum atomic E-state index is 10.3. The predicted octanol–water partition coefficient (Wildman–Crippen LogP) is 2.46. The van der Waals surface area contributed by atoms with E-state index >= 15 is 0 Å². The number of nitrogens with one attached hydrogen (secondary N) is 1. The van der Waals surface area contributed by atoms with Crippen LogP contribution in [0.15, 0.2) is 42.6 Å². The highest BCUT2D eigenvalue weighted by atomic mass is 16.5. The normalized spacial score (nSPS) is 19.4. The Bertz CT molecular complexity index is 646. The maximum Gasteiger partial charge on any atom is 0.119 e. The summed E-state index contributed by atoms with van der Waals surface area (Å²) in [5.74, 6) is 0.672. The first-order chi connectivity index (χ1) is 11.3. The Hall–Kier alpha value is -2.29. The Morgan fingerprint density at radius 3 is 2.87 bits per heavy atom. The molecule has 0 spiro atoms. The van der Waals surface area contributed by atoms with Gasteiger partial charge in [-0.3, -0.25) is 4.90 Å². The van der Waals surface area contributed by atoms with E-state index in [9.17, 15) is 5.11 Å². The van der Waals surface area contributed by atoms with Crippen molar-refractivity contribution in [2.24, 2.45) is 0 Å². The lowest BCUT2D eigenvalue weighted by atomic mass is 10.1. The van der Waals surface area contributed by atoms with E-state index in [-0.39, 0.29) is 6.61 Å². The molecule has 1 fully saturated rings. The van der Waals surface area contributed by atoms with Gasteiger partial charge in [0.2, 0.25) is 0 Å². The number of hydrogen-bond acceptors (Lipinski definition) is 4. The van der Waals surface area contributed by atoms with Crippen molar-refractivity contribution < 1.29 is 9.84 Å². The number of nitriles is 1. The van der Waals surface area contributed by atoms with Crippen LogP contribution in [0.4, 0.5) is 0 Å². The number of benzene rings is 1. The number of ether oxygens (including phenoxy) is 1. The Balaban J connectivity index is 1.50. The molecule has 1 aromatic carbocycles. The molecule has 0 aliphatic carbocycles. The van der Waals surface area contributed by atoms with Crippen molar-refractivity contribution in [3.8, 4) is 11.8 Å². The Kier molecular flexibility index (Phi) is 4.96. The third kappa shape index (κ3) is 3.92. The van der Waals surface area contributed by atoms with Gasteiger partial charge in [-0.2, -0.15) is 5.26 Å². The van der Waals surface area contributed by atoms with E-state index < -0.39 is 6.10 Å². The van der Waals surface area contributed by atoms with E-state index in [0.717, 1.165) is 19.4 Å². The summed E-state index contributed by atoms with van der Waals surface area (Å²) in [6, 6.07) is 13.5. The topological polar surface area (TPSA) is 72.3 Å². The summed E-state index contributed by atoms with van der Waals surface area (Å²) in [4.78, 5) is 5.57. The number of H-pyrrole nitrogens is 1. The Morgan fingerprint density at radius 1 is 1.35 bits per heavy atom. The summed E-state index contributed by atoms with van der Waals surface area (Å²) >= 11 is 0. The molecule has 1 aromatic heterocycles. The van der Waals surface area contributed by atoms with Crippen molar-refractivity contribution in [3.63, 3.8) is 0 Å². The standard InChI is InChI=1S/C18H21N3O2/c19-11-14-5-7-16(8-6-14)23-13-15(22)12-21-10-2-4-18(21)17-3-1-9-20-17/h1,3,5-9,15,18,20,22H,2,4,10,12-13H2/t15-,18-/m1/s1. The first-order valence-electron chi connectivity index (χ1n) is 7.94. The summed E-state index contributed by atoms with van der Waals surface area (Å²) in [5, 5.41) is 19.0. The molecule has 5 heteroatoms. The summed E-state index contributed by atoms with van der Waals surface area (Å²) < 4.78 is 5.61. The average Bonchev–Trinajstić information content (AvgIpc) is 3.24. The molecule has 1 saturated heterocycles. The van der Waals surface area contributed by atoms with Gasteiger partial charge < -0.3 is 14.8 Å². The first-order valence-corrected chi connectivity index (χ1v) is 7.94. The Morgan fingerprint density at radius 2 is 2.17 bits per heavy atom. The van der Waals surface area contributed by atoms with Crippen molar-refractivity contribution >= 4 is 0 Å². The van der Waals surface area contributed by atoms with Crippen LogP contribution >= 0.6 is 0 Å². The van der Waals surface area contributed by atoms with Gasteiger partial charge in [-0.05, 0) is 55.8 Å². The molecule has 2 heterocycles. The van der Waals surface area contributed by atoms with Crippen LogP contribution in [-0.4, -0.2) is 40.8 Å². The second-order valence-corrected chi connectivity index (χ2v) is 5.88. The van der Waals surface area contributed by atoms with E-state index in [4.69, 9.17) is 10.00 Å². The lowest BCUT2D eigenvalue weighted by Gasteiger charge is -2.26. The predicted molar refractivity (Wildman–Crippen MR) is 87.0 cm³/mol. The van der Waals surface area contributed by atoms with E-state index in [1.807, 2.05) is 12.3 Å². The van der Waals surface area contributed by atoms with Crippen LogP contribution in [0.3, 0.4) is 0 Å². The summed E-state index contributed by atoms with van der Waals surface area (Å²) in [6.45, 7) is 1.84. The minimum atomic E-state index is -0.541. The molecule has 5 nitrogen and oxygen atoms in total. The number of aliphatic hydroxyl groups excluding tert-OH is 1. The Labute approximate surface area is 136 Å². The fraction of sp³-hybridized carbons (Fsp3) is 0.389. The molecular formula is C18H21N3O2. The third-order valence-corrected chi connectivity index (χ3v) is 4.22. The molecule has 0 bridgehead atoms. The van der Waals surface area contributed by atoms with Crippen LogP contribution in [-0.2, 0) is 0 Å². The van der Waals surface area contributed by atoms with Crippen molar-refractivity contribution in [2.45, 2.75) is 25.0 Å². The molecule has 2 N–H and O–H groups in total. The van der Waals surface area contributed by atoms with Gasteiger partial charge >= 0.3 is 0 Å². The number of nitrogens with zero attached hydrogens (tertiary/aromatic N) is 2. The molecule has 0 unspecified atom stereocenters. The lowest BCUT2D eigenvalue weighted by molar-refractivity contribution is 0.0634. The molecule has 0 amide bonds. The van der Waals surface area contributed by atoms with Gasteiger partial charge in [0, 0.05) is 24.5 Å². The number of likely N-dealkylation sites (tertiary alicyclic amines) is 1. The van der Waals surface area contributed by atoms with Crippen molar-refractivity contribution in [1.82, 2.24) is 9.88 Å². The van der Waals surface area contributed by atoms with Gasteiger partial charge in [-0.25, -0.2) is 0 Å². The van der Waals surface area contributed by atoms with Crippen molar-refractivity contribution in [1.29, 1.82) is 5.26 Å². The van der Waals surface area contributed by atoms with Crippen LogP contribution in [0.1, 0.15) is 30.1 Å². The quantitative estimate of drug-likeness (QED) is 0.859. The minimum Gasteiger partial charge on any atom is -0.491 e. The van der Waals surface area contributed by atoms with Crippen molar-refractivity contribution in [3.05, 3.63) is 53.9 Å². The zero-order valence-electron chi connectivity index (χ0n) is 13.0. The van der Waals surface area contributed by atoms with E-state index in [1.54, 1.807) is 24.3 Å². The van der Waals surface area contributed by atoms with Crippen LogP contribution in [0, 0.1) is 11.3 Å². The monoisotopic (exact) mass is 311 g/mol. The first kappa shape index (κ1) is 15.6. The number of aliphatic hydroxyl groups is 1. The van der Waals surface area contributed by atoms with Gasteiger partial charge in [-0.15, -0.1) is 0 Å². The largest absolute Gasteiger partial charge is 0.491 e. The fourth-order valence-corrected chi connectivity index (χ4v) is 3.09. The molecule has 1 aliphatic heterocycles. The summed E-state index contributed by atoms with van der Waals surface area (Å²) in [7, 11) is 0. The molecule has 1 aliphatic rings. The molecule has 3 rings (SSSR count). The van der Waals surface area contributed by atoms with Crippen LogP contribution in [0.2, 0.25) is 0 Å². The summed E-state index contributed by atoms with van der Waals surface area (Å²) in [6.07, 6.45) is 3.66. The molecule has 2 aromatic rings. The van der Waals surface area contributed by atoms with E-state index in [2.05, 4.69) is 22.0 Å². The molecule has 23 heavy (non-hydrogen) atoms. The summed E-state index contributed by atoms with van der Waals surface area (Å²) in [5.41, 5.74) is 1.81. The molecule has 0 radical (unpaired) electrons. The molecule has 0 saturated carbocycles. The number of aromatic amines is 1. The highest BCUT2D eigenvalue weighted by Crippen LogP contribution is 2.30. The van der Waals surface area contributed by atoms with Crippen LogP contribution in [0.5, 0.6) is 5.75 Å². The highest BCUT2D eigenvalue weighted by molar-refractivity contribution is 5.34. The van der Waals surface area contributed by atoms with Gasteiger partial charge in [0.05, 0.1) is 11.6 Å². The van der Waals surface area contributed by atoms with Crippen LogP contribution in [0.25, 0.3) is 0 Å². The number of β-amino-alcohol motifs (C(OH)–C–C–N with tert-alkyl or cyclic N) is 1. The SMILES string of the molecule is N#Cc1ccc(OC[C@H](O)CN2CCC[C@@H]2c2ccc[nH]2)cc1. The van der Waals surface area contributed by atoms with Gasteiger partial charge in [-0.1, -0.05) is 0 Å². The van der Waals surface area contributed by atoms with E-state index in [1.165, 1.54) is 5.69 Å². The van der Waals surface area contributed by atoms with Gasteiger partial charge in [0.25, 0.3) is 0 Å². The van der Waals surface area contributed by atoms with Gasteiger partial charge in [0.15, 0.2) is 0 Å². The number of rotatable bonds is 6. The zero-order chi connectivity index (χ0) is 16.1. The highest BCUT2D eigenvalue weighted by Gasteiger charge is 2.28. The lowest BCUT2D eigenvalue weighted by Crippen LogP contribution is -2.35. The van der Waals surface area contributed by atoms with E-state index in [0.29, 0.717) is 23.9 Å².